The Hall–Kier alpha value is -7.28. The van der Waals surface area contributed by atoms with Crippen molar-refractivity contribution in [2.75, 3.05) is 24.9 Å². The maximum absolute atomic E-state index is 14.1. The van der Waals surface area contributed by atoms with Crippen molar-refractivity contribution < 1.29 is 57.9 Å². The normalized spacial score (nSPS) is 12.5. The quantitative estimate of drug-likeness (QED) is 0.0250. The van der Waals surface area contributed by atoms with Crippen LogP contribution in [0.25, 0.3) is 44.8 Å². The Bertz CT molecular complexity index is 3200. The van der Waals surface area contributed by atoms with Gasteiger partial charge in [0.2, 0.25) is 0 Å². The molecule has 0 aliphatic rings. The molecule has 85 heavy (non-hydrogen) atoms. The minimum Gasteiger partial charge on any atom is -0.469 e. The van der Waals surface area contributed by atoms with Gasteiger partial charge in [0.1, 0.15) is 11.6 Å². The first-order valence-corrected chi connectivity index (χ1v) is 28.1. The van der Waals surface area contributed by atoms with Crippen molar-refractivity contribution in [3.05, 3.63) is 204 Å². The Morgan fingerprint density at radius 1 is 0.447 bits per heavy atom. The average molecular weight is 1190 g/mol. The van der Waals surface area contributed by atoms with Crippen LogP contribution in [0.15, 0.2) is 170 Å². The number of methoxy groups -OCH3 is 2. The number of hydrogen-bond donors (Lipinski definition) is 6. The van der Waals surface area contributed by atoms with Crippen LogP contribution in [0.2, 0.25) is 0 Å². The predicted molar refractivity (Wildman–Crippen MR) is 329 cm³/mol. The molecule has 0 spiro atoms. The number of carbonyl (C=O) groups is 4. The summed E-state index contributed by atoms with van der Waals surface area (Å²) in [6, 6.07) is 49.9. The van der Waals surface area contributed by atoms with E-state index in [1.807, 2.05) is 158 Å². The van der Waals surface area contributed by atoms with Crippen LogP contribution >= 0.6 is 0 Å². The molecule has 6 N–H and O–H groups in total. The van der Waals surface area contributed by atoms with Gasteiger partial charge in [-0.25, -0.2) is 8.78 Å². The van der Waals surface area contributed by atoms with E-state index in [1.165, 1.54) is 38.5 Å². The predicted octanol–water partition coefficient (Wildman–Crippen LogP) is 12.4. The second kappa shape index (κ2) is 32.3. The number of nitrogens with zero attached hydrogens (tertiary/aromatic N) is 2. The van der Waals surface area contributed by atoms with Gasteiger partial charge in [-0.1, -0.05) is 125 Å². The van der Waals surface area contributed by atoms with E-state index in [1.54, 1.807) is 24.3 Å². The van der Waals surface area contributed by atoms with E-state index in [0.717, 1.165) is 45.0 Å². The van der Waals surface area contributed by atoms with Crippen molar-refractivity contribution >= 4 is 72.9 Å². The fourth-order valence-corrected chi connectivity index (χ4v) is 10.6. The zero-order chi connectivity index (χ0) is 60.5. The molecule has 0 aliphatic carbocycles. The van der Waals surface area contributed by atoms with Crippen molar-refractivity contribution in [1.29, 1.82) is 0 Å². The first-order chi connectivity index (χ1) is 40.4. The van der Waals surface area contributed by atoms with Gasteiger partial charge < -0.3 is 49.7 Å². The first kappa shape index (κ1) is 66.9. The molecule has 8 aromatic rings. The van der Waals surface area contributed by atoms with Gasteiger partial charge in [-0.2, -0.15) is 0 Å². The summed E-state index contributed by atoms with van der Waals surface area (Å²) in [5, 5.41) is 48.3. The number of nitrogens with one attached hydrogen (secondary N) is 2. The largest absolute Gasteiger partial charge is 2.00 e. The summed E-state index contributed by atoms with van der Waals surface area (Å²) in [7, 11) is 2.50. The number of esters is 2. The SMILES string of the molecule is COC(=O)C[C@H](O)C[C@H](O)CCn1c(-c2ccc(F)cc2)c(-c2ccccc2)c(C(=O)Nc2ccccc2)c1C(C)C.COC(=O)C[C@H](O)C[C@H](O)CCn1c(-c2ccc(F)cc2)c(-c2ccccc2)c(C(=O)Nc2ccccc2)c1C(C)C.[Ca+2]. The van der Waals surface area contributed by atoms with Gasteiger partial charge in [0.15, 0.2) is 0 Å². The molecule has 0 fully saturated rings. The van der Waals surface area contributed by atoms with E-state index < -0.39 is 36.4 Å². The van der Waals surface area contributed by atoms with Gasteiger partial charge in [0, 0.05) is 47.0 Å². The molecular formula is C68H74CaF2N4O10+2. The van der Waals surface area contributed by atoms with Crippen LogP contribution in [0.5, 0.6) is 0 Å². The molecule has 0 bridgehead atoms. The molecule has 4 atom stereocenters. The summed E-state index contributed by atoms with van der Waals surface area (Å²) in [6.45, 7) is 8.64. The zero-order valence-corrected chi connectivity index (χ0v) is 51.1. The van der Waals surface area contributed by atoms with E-state index >= 15 is 0 Å². The van der Waals surface area contributed by atoms with Crippen LogP contribution in [0.4, 0.5) is 20.2 Å². The molecule has 6 aromatic carbocycles. The van der Waals surface area contributed by atoms with E-state index in [-0.39, 0.29) is 112 Å². The van der Waals surface area contributed by atoms with Crippen molar-refractivity contribution in [3.63, 3.8) is 0 Å². The average Bonchev–Trinajstić information content (AvgIpc) is 4.17. The summed E-state index contributed by atoms with van der Waals surface area (Å²) in [4.78, 5) is 51.3. The van der Waals surface area contributed by atoms with E-state index in [0.29, 0.717) is 46.7 Å². The molecule has 17 heteroatoms. The van der Waals surface area contributed by atoms with Crippen LogP contribution in [0.1, 0.15) is 110 Å². The molecule has 440 valence electrons. The number of para-hydroxylation sites is 2. The Balaban J connectivity index is 0.000000269. The smallest absolute Gasteiger partial charge is 0.469 e. The topological polar surface area (TPSA) is 202 Å². The second-order valence-corrected chi connectivity index (χ2v) is 21.2. The summed E-state index contributed by atoms with van der Waals surface area (Å²) >= 11 is 0. The van der Waals surface area contributed by atoms with Crippen molar-refractivity contribution in [2.24, 2.45) is 0 Å². The molecular weight excluding hydrogens is 1110 g/mol. The molecule has 2 heterocycles. The number of ether oxygens (including phenoxy) is 2. The van der Waals surface area contributed by atoms with Gasteiger partial charge in [0.05, 0.1) is 74.0 Å². The van der Waals surface area contributed by atoms with E-state index in [9.17, 15) is 48.4 Å². The third-order valence-corrected chi connectivity index (χ3v) is 14.3. The third kappa shape index (κ3) is 17.9. The molecule has 8 rings (SSSR count). The monoisotopic (exact) mass is 1180 g/mol. The van der Waals surface area contributed by atoms with Gasteiger partial charge in [-0.3, -0.25) is 19.2 Å². The molecule has 2 aromatic heterocycles. The van der Waals surface area contributed by atoms with Gasteiger partial charge in [0.25, 0.3) is 11.8 Å². The number of carbonyl (C=O) groups excluding carboxylic acids is 4. The summed E-state index contributed by atoms with van der Waals surface area (Å²) in [6.07, 6.45) is -3.89. The van der Waals surface area contributed by atoms with E-state index in [2.05, 4.69) is 20.1 Å². The molecule has 0 saturated heterocycles. The van der Waals surface area contributed by atoms with Crippen molar-refractivity contribution in [2.45, 2.75) is 116 Å². The second-order valence-electron chi connectivity index (χ2n) is 21.2. The summed E-state index contributed by atoms with van der Waals surface area (Å²) in [5.74, 6) is -2.61. The van der Waals surface area contributed by atoms with Crippen molar-refractivity contribution in [1.82, 2.24) is 9.13 Å². The fourth-order valence-electron chi connectivity index (χ4n) is 10.6. The van der Waals surface area contributed by atoms with Gasteiger partial charge >= 0.3 is 49.7 Å². The number of aliphatic hydroxyl groups is 4. The standard InChI is InChI=1S/2C34H37FN2O5.Ca/c2*1-22(2)32-31(34(41)36-26-12-8-5-9-13-26)30(23-10-6-4-7-11-23)33(24-14-16-25(35)17-15-24)37(32)19-18-27(38)20-28(39)21-29(40)42-3;/h2*4-17,22,27-28,38-39H,18-21H2,1-3H3,(H,36,41);/q;;+2/t2*27-,28-;/m11./s1. The summed E-state index contributed by atoms with van der Waals surface area (Å²) in [5.41, 5.74) is 9.80. The number of rotatable bonds is 24. The number of anilines is 2. The van der Waals surface area contributed by atoms with Crippen LogP contribution in [-0.4, -0.2) is 130 Å². The number of amides is 2. The molecule has 14 nitrogen and oxygen atoms in total. The van der Waals surface area contributed by atoms with Crippen LogP contribution in [0, 0.1) is 11.6 Å². The van der Waals surface area contributed by atoms with Crippen LogP contribution < -0.4 is 10.6 Å². The molecule has 0 radical (unpaired) electrons. The Labute approximate surface area is 525 Å². The number of hydrogen-bond acceptors (Lipinski definition) is 10. The number of halogens is 2. The Kier molecular flexibility index (Phi) is 25.4. The fraction of sp³-hybridized carbons (Fsp3) is 0.294. The number of benzene rings is 6. The van der Waals surface area contributed by atoms with Gasteiger partial charge in [-0.15, -0.1) is 0 Å². The first-order valence-electron chi connectivity index (χ1n) is 28.1. The Morgan fingerprint density at radius 3 is 1.05 bits per heavy atom. The minimum absolute atomic E-state index is 0. The molecule has 0 aliphatic heterocycles. The molecule has 0 saturated carbocycles. The Morgan fingerprint density at radius 2 is 0.753 bits per heavy atom. The van der Waals surface area contributed by atoms with E-state index in [4.69, 9.17) is 0 Å². The van der Waals surface area contributed by atoms with Crippen LogP contribution in [-0.2, 0) is 32.2 Å². The zero-order valence-electron chi connectivity index (χ0n) is 48.9. The van der Waals surface area contributed by atoms with Crippen LogP contribution in [0.3, 0.4) is 0 Å². The number of aromatic nitrogens is 2. The maximum atomic E-state index is 14.1. The maximum Gasteiger partial charge on any atom is 2.00 e. The third-order valence-electron chi connectivity index (χ3n) is 14.3. The minimum atomic E-state index is -1.05. The van der Waals surface area contributed by atoms with Gasteiger partial charge in [-0.05, 0) is 133 Å². The summed E-state index contributed by atoms with van der Waals surface area (Å²) < 4.78 is 41.4. The molecule has 0 unspecified atom stereocenters. The number of aliphatic hydroxyl groups excluding tert-OH is 4. The molecule has 2 amide bonds. The van der Waals surface area contributed by atoms with Crippen molar-refractivity contribution in [3.8, 4) is 44.8 Å².